The summed E-state index contributed by atoms with van der Waals surface area (Å²) in [6, 6.07) is 2.58. The molecule has 1 saturated heterocycles. The molecule has 1 aromatic heterocycles. The molecule has 0 spiro atoms. The third-order valence-corrected chi connectivity index (χ3v) is 9.66. The second-order valence-corrected chi connectivity index (χ2v) is 13.0. The molecule has 0 radical (unpaired) electrons. The minimum absolute atomic E-state index is 0.0396. The molecule has 1 aliphatic heterocycles. The molecule has 11 nitrogen and oxygen atoms in total. The molecule has 2 aromatic carbocycles. The number of alkyl halides is 3. The van der Waals surface area contributed by atoms with Crippen molar-refractivity contribution in [3.63, 3.8) is 0 Å². The number of methoxy groups -OCH3 is 1. The van der Waals surface area contributed by atoms with Crippen LogP contribution in [0.2, 0.25) is 10.0 Å². The van der Waals surface area contributed by atoms with E-state index in [1.54, 1.807) is 4.90 Å². The van der Waals surface area contributed by atoms with E-state index in [1.165, 1.54) is 26.2 Å². The van der Waals surface area contributed by atoms with E-state index in [9.17, 15) is 36.0 Å². The number of likely N-dealkylation sites (tertiary alicyclic amines) is 1. The molecule has 1 aliphatic rings. The van der Waals surface area contributed by atoms with Crippen LogP contribution in [0.15, 0.2) is 32.7 Å². The number of H-pyrrole nitrogens is 1. The summed E-state index contributed by atoms with van der Waals surface area (Å²) in [4.78, 5) is 41.4. The van der Waals surface area contributed by atoms with Crippen molar-refractivity contribution in [3.8, 4) is 5.75 Å². The van der Waals surface area contributed by atoms with Gasteiger partial charge < -0.3 is 20.1 Å². The van der Waals surface area contributed by atoms with Crippen molar-refractivity contribution < 1.29 is 36.2 Å². The summed E-state index contributed by atoms with van der Waals surface area (Å²) in [7, 11) is -2.75. The molecule has 0 aliphatic carbocycles. The molecule has 234 valence electrons. The minimum Gasteiger partial charge on any atom is -0.495 e. The molecule has 1 amide bonds. The molecule has 4 rings (SSSR count). The fourth-order valence-electron chi connectivity index (χ4n) is 5.22. The minimum atomic E-state index is -4.95. The Morgan fingerprint density at radius 1 is 1.21 bits per heavy atom. The Morgan fingerprint density at radius 2 is 1.91 bits per heavy atom. The van der Waals surface area contributed by atoms with Gasteiger partial charge >= 0.3 is 18.0 Å². The van der Waals surface area contributed by atoms with E-state index in [2.05, 4.69) is 10.3 Å². The second kappa shape index (κ2) is 12.4. The van der Waals surface area contributed by atoms with E-state index in [0.717, 1.165) is 0 Å². The number of benzene rings is 2. The smallest absolute Gasteiger partial charge is 0.416 e. The van der Waals surface area contributed by atoms with E-state index in [4.69, 9.17) is 33.0 Å². The monoisotopic (exact) mass is 666 g/mol. The summed E-state index contributed by atoms with van der Waals surface area (Å²) in [5.41, 5.74) is -4.17. The first kappa shape index (κ1) is 32.6. The first-order chi connectivity index (χ1) is 20.1. The van der Waals surface area contributed by atoms with Gasteiger partial charge in [0.15, 0.2) is 9.84 Å². The number of aromatic nitrogens is 2. The van der Waals surface area contributed by atoms with E-state index < -0.39 is 61.9 Å². The largest absolute Gasteiger partial charge is 0.495 e. The van der Waals surface area contributed by atoms with Crippen LogP contribution in [0, 0.1) is 0 Å². The van der Waals surface area contributed by atoms with Crippen molar-refractivity contribution in [2.45, 2.75) is 50.0 Å². The standard InChI is InChI=1S/C26H27Cl2F3N4O7S/c1-3-43(40,41)22-13(7-14(27)8-19(22)42-2)10-35-23(36)16-9-18(26(29,30)31)17(20(28)21(16)33-24(35)37)12-34-6-4-5-15(11-34)32-25(38)39/h7-9,15,32H,3-6,10-12H2,1-2H3,(H,33,37)(H,38,39)/t15-/m1/s1. The highest BCUT2D eigenvalue weighted by Gasteiger charge is 2.37. The number of piperidine rings is 1. The van der Waals surface area contributed by atoms with Crippen LogP contribution in [0.4, 0.5) is 18.0 Å². The van der Waals surface area contributed by atoms with Crippen LogP contribution in [-0.4, -0.2) is 66.1 Å². The SMILES string of the molecule is CCS(=O)(=O)c1c(Cn2c(=O)[nH]c3c(Cl)c(CN4CCC[C@@H](NC(=O)O)C4)c(C(F)(F)F)cc3c2=O)cc(Cl)cc1OC. The molecular weight excluding hydrogens is 640 g/mol. The molecule has 2 heterocycles. The van der Waals surface area contributed by atoms with Gasteiger partial charge in [-0.25, -0.2) is 18.0 Å². The van der Waals surface area contributed by atoms with Crippen LogP contribution >= 0.6 is 23.2 Å². The predicted octanol–water partition coefficient (Wildman–Crippen LogP) is 4.10. The molecule has 0 saturated carbocycles. The molecule has 0 bridgehead atoms. The van der Waals surface area contributed by atoms with Gasteiger partial charge in [-0.05, 0) is 42.6 Å². The lowest BCUT2D eigenvalue weighted by atomic mass is 10.0. The van der Waals surface area contributed by atoms with Crippen LogP contribution in [0.3, 0.4) is 0 Å². The van der Waals surface area contributed by atoms with Gasteiger partial charge in [-0.3, -0.25) is 14.3 Å². The molecule has 1 atom stereocenters. The Balaban J connectivity index is 1.87. The summed E-state index contributed by atoms with van der Waals surface area (Å²) >= 11 is 12.6. The number of amides is 1. The zero-order valence-electron chi connectivity index (χ0n) is 22.8. The quantitative estimate of drug-likeness (QED) is 0.325. The highest BCUT2D eigenvalue weighted by atomic mass is 35.5. The van der Waals surface area contributed by atoms with Gasteiger partial charge in [0.25, 0.3) is 5.56 Å². The van der Waals surface area contributed by atoms with Gasteiger partial charge in [-0.1, -0.05) is 30.1 Å². The average molecular weight is 667 g/mol. The van der Waals surface area contributed by atoms with E-state index in [1.807, 2.05) is 0 Å². The van der Waals surface area contributed by atoms with E-state index in [-0.39, 0.29) is 51.2 Å². The highest BCUT2D eigenvalue weighted by molar-refractivity contribution is 7.91. The summed E-state index contributed by atoms with van der Waals surface area (Å²) in [6.45, 7) is 0.901. The lowest BCUT2D eigenvalue weighted by molar-refractivity contribution is -0.138. The molecule has 0 unspecified atom stereocenters. The number of hydrogen-bond acceptors (Lipinski definition) is 7. The zero-order chi connectivity index (χ0) is 31.9. The molecular formula is C26H27Cl2F3N4O7S. The van der Waals surface area contributed by atoms with E-state index in [0.29, 0.717) is 30.0 Å². The summed E-state index contributed by atoms with van der Waals surface area (Å²) in [6.07, 6.45) is -5.18. The number of rotatable bonds is 8. The number of fused-ring (bicyclic) bond motifs is 1. The van der Waals surface area contributed by atoms with Gasteiger partial charge in [0, 0.05) is 30.2 Å². The van der Waals surface area contributed by atoms with E-state index >= 15 is 0 Å². The number of carboxylic acid groups (broad SMARTS) is 1. The Hall–Kier alpha value is -3.27. The molecule has 1 fully saturated rings. The first-order valence-electron chi connectivity index (χ1n) is 12.9. The van der Waals surface area contributed by atoms with Gasteiger partial charge in [-0.15, -0.1) is 0 Å². The summed E-state index contributed by atoms with van der Waals surface area (Å²) in [5.74, 6) is -0.474. The third-order valence-electron chi connectivity index (χ3n) is 7.18. The number of ether oxygens (including phenoxy) is 1. The first-order valence-corrected chi connectivity index (χ1v) is 15.3. The topological polar surface area (TPSA) is 151 Å². The van der Waals surface area contributed by atoms with Crippen molar-refractivity contribution in [1.29, 1.82) is 0 Å². The van der Waals surface area contributed by atoms with Crippen LogP contribution in [0.25, 0.3) is 10.9 Å². The molecule has 43 heavy (non-hydrogen) atoms. The number of hydrogen-bond donors (Lipinski definition) is 3. The van der Waals surface area contributed by atoms with Crippen LogP contribution in [0.5, 0.6) is 5.75 Å². The second-order valence-electron chi connectivity index (χ2n) is 9.98. The number of nitrogens with zero attached hydrogens (tertiary/aromatic N) is 2. The molecule has 3 aromatic rings. The predicted molar refractivity (Wildman–Crippen MR) is 153 cm³/mol. The van der Waals surface area contributed by atoms with Crippen LogP contribution < -0.4 is 21.3 Å². The van der Waals surface area contributed by atoms with Crippen molar-refractivity contribution in [1.82, 2.24) is 19.8 Å². The Bertz CT molecular complexity index is 1810. The van der Waals surface area contributed by atoms with Crippen molar-refractivity contribution in [2.75, 3.05) is 26.0 Å². The van der Waals surface area contributed by atoms with Gasteiger partial charge in [0.05, 0.1) is 40.9 Å². The molecule has 3 N–H and O–H groups in total. The fourth-order valence-corrected chi connectivity index (χ4v) is 7.02. The number of aromatic amines is 1. The van der Waals surface area contributed by atoms with Gasteiger partial charge in [0.1, 0.15) is 10.6 Å². The third kappa shape index (κ3) is 6.79. The lowest BCUT2D eigenvalue weighted by Crippen LogP contribution is -2.47. The van der Waals surface area contributed by atoms with Crippen molar-refractivity contribution in [2.24, 2.45) is 0 Å². The maximum Gasteiger partial charge on any atom is 0.416 e. The average Bonchev–Trinajstić information content (AvgIpc) is 2.91. The fraction of sp³-hybridized carbons (Fsp3) is 0.423. The van der Waals surface area contributed by atoms with Crippen LogP contribution in [-0.2, 0) is 29.1 Å². The maximum absolute atomic E-state index is 14.3. The zero-order valence-corrected chi connectivity index (χ0v) is 25.2. The Labute approximate surface area is 253 Å². The Morgan fingerprint density at radius 3 is 2.51 bits per heavy atom. The number of sulfone groups is 1. The normalized spacial score (nSPS) is 16.4. The van der Waals surface area contributed by atoms with Crippen molar-refractivity contribution in [3.05, 3.63) is 65.8 Å². The lowest BCUT2D eigenvalue weighted by Gasteiger charge is -2.33. The molecule has 17 heteroatoms. The Kier molecular flexibility index (Phi) is 9.40. The van der Waals surface area contributed by atoms with Crippen LogP contribution in [0.1, 0.15) is 36.5 Å². The summed E-state index contributed by atoms with van der Waals surface area (Å²) in [5, 5.41) is 10.4. The number of nitrogens with one attached hydrogen (secondary N) is 2. The summed E-state index contributed by atoms with van der Waals surface area (Å²) < 4.78 is 74.5. The maximum atomic E-state index is 14.3. The number of carbonyl (C=O) groups is 1. The van der Waals surface area contributed by atoms with Gasteiger partial charge in [0.2, 0.25) is 0 Å². The van der Waals surface area contributed by atoms with Gasteiger partial charge in [-0.2, -0.15) is 13.2 Å². The highest BCUT2D eigenvalue weighted by Crippen LogP contribution is 2.39. The number of halogens is 5. The van der Waals surface area contributed by atoms with Crippen molar-refractivity contribution >= 4 is 50.0 Å².